The van der Waals surface area contributed by atoms with Gasteiger partial charge in [-0.05, 0) is 37.8 Å². The van der Waals surface area contributed by atoms with Crippen molar-refractivity contribution in [2.24, 2.45) is 5.73 Å². The van der Waals surface area contributed by atoms with Crippen LogP contribution in [0.3, 0.4) is 0 Å². The lowest BCUT2D eigenvalue weighted by molar-refractivity contribution is 0.123. The van der Waals surface area contributed by atoms with E-state index in [9.17, 15) is 0 Å². The monoisotopic (exact) mass is 220 g/mol. The lowest BCUT2D eigenvalue weighted by atomic mass is 9.82. The van der Waals surface area contributed by atoms with Crippen LogP contribution in [0, 0.1) is 0 Å². The number of ether oxygens (including phenoxy) is 1. The molecule has 2 rings (SSSR count). The number of aromatic nitrogens is 1. The van der Waals surface area contributed by atoms with Crippen molar-refractivity contribution in [2.75, 3.05) is 13.2 Å². The van der Waals surface area contributed by atoms with Crippen molar-refractivity contribution in [2.45, 2.75) is 38.1 Å². The predicted octanol–water partition coefficient (Wildman–Crippen LogP) is 1.87. The summed E-state index contributed by atoms with van der Waals surface area (Å²) in [5, 5.41) is 0. The van der Waals surface area contributed by atoms with Crippen LogP contribution in [0.25, 0.3) is 0 Å². The molecule has 0 amide bonds. The SMILES string of the molecule is CCOCC(N)C1CCCc2cccnc21. The van der Waals surface area contributed by atoms with Crippen molar-refractivity contribution in [1.29, 1.82) is 0 Å². The largest absolute Gasteiger partial charge is 0.380 e. The van der Waals surface area contributed by atoms with Gasteiger partial charge in [-0.15, -0.1) is 0 Å². The van der Waals surface area contributed by atoms with E-state index in [-0.39, 0.29) is 6.04 Å². The first kappa shape index (κ1) is 11.6. The maximum Gasteiger partial charge on any atom is 0.0623 e. The second-order valence-corrected chi connectivity index (χ2v) is 4.37. The van der Waals surface area contributed by atoms with Gasteiger partial charge in [0.05, 0.1) is 6.61 Å². The summed E-state index contributed by atoms with van der Waals surface area (Å²) >= 11 is 0. The zero-order valence-electron chi connectivity index (χ0n) is 9.86. The molecule has 16 heavy (non-hydrogen) atoms. The Labute approximate surface area is 97.0 Å². The van der Waals surface area contributed by atoms with Gasteiger partial charge in [-0.1, -0.05) is 6.07 Å². The zero-order chi connectivity index (χ0) is 11.4. The van der Waals surface area contributed by atoms with Crippen LogP contribution in [-0.2, 0) is 11.2 Å². The molecular formula is C13H20N2O. The first-order chi connectivity index (χ1) is 7.83. The molecule has 0 aliphatic heterocycles. The Morgan fingerprint density at radius 1 is 1.62 bits per heavy atom. The van der Waals surface area contributed by atoms with E-state index in [1.54, 1.807) is 0 Å². The number of aryl methyl sites for hydroxylation is 1. The second kappa shape index (κ2) is 5.41. The van der Waals surface area contributed by atoms with Gasteiger partial charge in [0.25, 0.3) is 0 Å². The highest BCUT2D eigenvalue weighted by molar-refractivity contribution is 5.27. The number of nitrogens with two attached hydrogens (primary N) is 1. The van der Waals surface area contributed by atoms with Gasteiger partial charge in [0, 0.05) is 30.5 Å². The van der Waals surface area contributed by atoms with Gasteiger partial charge in [0.2, 0.25) is 0 Å². The number of pyridine rings is 1. The Morgan fingerprint density at radius 2 is 2.50 bits per heavy atom. The number of rotatable bonds is 4. The molecule has 0 radical (unpaired) electrons. The number of nitrogens with zero attached hydrogens (tertiary/aromatic N) is 1. The first-order valence-electron chi connectivity index (χ1n) is 6.10. The lowest BCUT2D eigenvalue weighted by Crippen LogP contribution is -2.35. The average molecular weight is 220 g/mol. The molecule has 3 nitrogen and oxygen atoms in total. The molecule has 0 saturated heterocycles. The molecule has 0 saturated carbocycles. The van der Waals surface area contributed by atoms with E-state index >= 15 is 0 Å². The third-order valence-corrected chi connectivity index (χ3v) is 3.27. The summed E-state index contributed by atoms with van der Waals surface area (Å²) in [5.74, 6) is 0.372. The summed E-state index contributed by atoms with van der Waals surface area (Å²) in [4.78, 5) is 4.49. The fourth-order valence-corrected chi connectivity index (χ4v) is 2.43. The third-order valence-electron chi connectivity index (χ3n) is 3.27. The molecule has 1 aliphatic carbocycles. The number of hydrogen-bond acceptors (Lipinski definition) is 3. The lowest BCUT2D eigenvalue weighted by Gasteiger charge is -2.28. The van der Waals surface area contributed by atoms with Crippen LogP contribution < -0.4 is 5.73 Å². The number of fused-ring (bicyclic) bond motifs is 1. The molecule has 1 aromatic heterocycles. The van der Waals surface area contributed by atoms with Crippen molar-refractivity contribution >= 4 is 0 Å². The van der Waals surface area contributed by atoms with E-state index in [4.69, 9.17) is 10.5 Å². The summed E-state index contributed by atoms with van der Waals surface area (Å²) in [6.45, 7) is 3.37. The van der Waals surface area contributed by atoms with Gasteiger partial charge in [0.15, 0.2) is 0 Å². The third kappa shape index (κ3) is 2.42. The van der Waals surface area contributed by atoms with Crippen molar-refractivity contribution < 1.29 is 4.74 Å². The van der Waals surface area contributed by atoms with E-state index in [0.29, 0.717) is 12.5 Å². The summed E-state index contributed by atoms with van der Waals surface area (Å²) in [5.41, 5.74) is 8.75. The van der Waals surface area contributed by atoms with E-state index in [0.717, 1.165) is 19.4 Å². The smallest absolute Gasteiger partial charge is 0.0623 e. The minimum atomic E-state index is 0.0777. The molecule has 3 heteroatoms. The molecular weight excluding hydrogens is 200 g/mol. The van der Waals surface area contributed by atoms with Gasteiger partial charge in [-0.25, -0.2) is 0 Å². The van der Waals surface area contributed by atoms with Crippen LogP contribution in [0.2, 0.25) is 0 Å². The summed E-state index contributed by atoms with van der Waals surface area (Å²) in [6, 6.07) is 4.26. The molecule has 1 aromatic rings. The van der Waals surface area contributed by atoms with Crippen molar-refractivity contribution in [3.63, 3.8) is 0 Å². The van der Waals surface area contributed by atoms with Crippen LogP contribution in [0.15, 0.2) is 18.3 Å². The van der Waals surface area contributed by atoms with Crippen LogP contribution in [0.5, 0.6) is 0 Å². The Hall–Kier alpha value is -0.930. The minimum absolute atomic E-state index is 0.0777. The van der Waals surface area contributed by atoms with Crippen molar-refractivity contribution in [1.82, 2.24) is 4.98 Å². The van der Waals surface area contributed by atoms with Crippen LogP contribution in [0.1, 0.15) is 36.9 Å². The molecule has 88 valence electrons. The molecule has 1 aliphatic rings. The van der Waals surface area contributed by atoms with E-state index in [2.05, 4.69) is 11.1 Å². The minimum Gasteiger partial charge on any atom is -0.380 e. The van der Waals surface area contributed by atoms with Crippen LogP contribution in [0.4, 0.5) is 0 Å². The maximum atomic E-state index is 6.18. The van der Waals surface area contributed by atoms with E-state index in [1.807, 2.05) is 19.2 Å². The van der Waals surface area contributed by atoms with Crippen LogP contribution in [-0.4, -0.2) is 24.2 Å². The Morgan fingerprint density at radius 3 is 3.31 bits per heavy atom. The van der Waals surface area contributed by atoms with E-state index in [1.165, 1.54) is 17.7 Å². The van der Waals surface area contributed by atoms with Gasteiger partial charge >= 0.3 is 0 Å². The number of hydrogen-bond donors (Lipinski definition) is 1. The van der Waals surface area contributed by atoms with Crippen molar-refractivity contribution in [3.8, 4) is 0 Å². The highest BCUT2D eigenvalue weighted by atomic mass is 16.5. The molecule has 1 heterocycles. The fraction of sp³-hybridized carbons (Fsp3) is 0.615. The predicted molar refractivity (Wildman–Crippen MR) is 64.4 cm³/mol. The zero-order valence-corrected chi connectivity index (χ0v) is 9.86. The molecule has 0 spiro atoms. The Balaban J connectivity index is 2.12. The molecule has 2 atom stereocenters. The van der Waals surface area contributed by atoms with Gasteiger partial charge in [-0.3, -0.25) is 4.98 Å². The summed E-state index contributed by atoms with van der Waals surface area (Å²) < 4.78 is 5.41. The topological polar surface area (TPSA) is 48.1 Å². The molecule has 0 aromatic carbocycles. The molecule has 0 fully saturated rings. The standard InChI is InChI=1S/C13H20N2O/c1-2-16-9-12(14)11-7-3-5-10-6-4-8-15-13(10)11/h4,6,8,11-12H,2-3,5,7,9,14H2,1H3. The summed E-state index contributed by atoms with van der Waals surface area (Å²) in [7, 11) is 0. The first-order valence-corrected chi connectivity index (χ1v) is 6.10. The fourth-order valence-electron chi connectivity index (χ4n) is 2.43. The quantitative estimate of drug-likeness (QED) is 0.842. The second-order valence-electron chi connectivity index (χ2n) is 4.37. The van der Waals surface area contributed by atoms with Gasteiger partial charge < -0.3 is 10.5 Å². The highest BCUT2D eigenvalue weighted by Gasteiger charge is 2.26. The van der Waals surface area contributed by atoms with Gasteiger partial charge in [0.1, 0.15) is 0 Å². The van der Waals surface area contributed by atoms with E-state index < -0.39 is 0 Å². The highest BCUT2D eigenvalue weighted by Crippen LogP contribution is 2.31. The normalized spacial score (nSPS) is 21.5. The molecule has 0 bridgehead atoms. The van der Waals surface area contributed by atoms with Gasteiger partial charge in [-0.2, -0.15) is 0 Å². The molecule has 2 N–H and O–H groups in total. The molecule has 2 unspecified atom stereocenters. The van der Waals surface area contributed by atoms with Crippen LogP contribution >= 0.6 is 0 Å². The van der Waals surface area contributed by atoms with Crippen molar-refractivity contribution in [3.05, 3.63) is 29.6 Å². The Bertz CT molecular complexity index is 340. The Kier molecular flexibility index (Phi) is 3.91. The maximum absolute atomic E-state index is 6.18. The summed E-state index contributed by atoms with van der Waals surface area (Å²) in [6.07, 6.45) is 5.35. The average Bonchev–Trinajstić information content (AvgIpc) is 2.35.